The van der Waals surface area contributed by atoms with E-state index in [0.717, 1.165) is 17.7 Å². The Hall–Kier alpha value is -1.66. The lowest BCUT2D eigenvalue weighted by molar-refractivity contribution is 0.103. The first-order valence-corrected chi connectivity index (χ1v) is 10.9. The number of carbonyl (C=O) groups is 1. The molecule has 0 saturated heterocycles. The van der Waals surface area contributed by atoms with Crippen LogP contribution in [-0.2, 0) is 22.7 Å². The zero-order chi connectivity index (χ0) is 17.2. The molecule has 0 fully saturated rings. The van der Waals surface area contributed by atoms with Crippen molar-refractivity contribution >= 4 is 32.8 Å². The number of sulfone groups is 1. The number of nitrogens with one attached hydrogen (secondary N) is 1. The summed E-state index contributed by atoms with van der Waals surface area (Å²) < 4.78 is 22.9. The number of thiophene rings is 1. The lowest BCUT2D eigenvalue weighted by Crippen LogP contribution is -2.10. The molecule has 128 valence electrons. The topological polar surface area (TPSA) is 63.2 Å². The van der Waals surface area contributed by atoms with Gasteiger partial charge in [0.1, 0.15) is 0 Å². The molecule has 0 aliphatic heterocycles. The minimum absolute atomic E-state index is 0.126. The highest BCUT2D eigenvalue weighted by Crippen LogP contribution is 2.29. The van der Waals surface area contributed by atoms with Crippen LogP contribution in [0, 0.1) is 0 Å². The van der Waals surface area contributed by atoms with Gasteiger partial charge in [-0.05, 0) is 61.6 Å². The van der Waals surface area contributed by atoms with E-state index in [-0.39, 0.29) is 10.8 Å². The molecule has 2 aromatic rings. The molecule has 0 radical (unpaired) electrons. The highest BCUT2D eigenvalue weighted by Gasteiger charge is 2.16. The summed E-state index contributed by atoms with van der Waals surface area (Å²) in [6.07, 6.45) is 8.22. The number of hydrogen-bond donors (Lipinski definition) is 1. The zero-order valence-electron chi connectivity index (χ0n) is 13.7. The van der Waals surface area contributed by atoms with E-state index in [9.17, 15) is 13.2 Å². The second-order valence-corrected chi connectivity index (χ2v) is 9.38. The molecule has 0 saturated carbocycles. The number of aryl methyl sites for hydroxylation is 2. The van der Waals surface area contributed by atoms with E-state index in [2.05, 4.69) is 5.32 Å². The first-order valence-electron chi connectivity index (χ1n) is 8.16. The summed E-state index contributed by atoms with van der Waals surface area (Å²) in [5, 5.41) is 2.85. The number of anilines is 1. The quantitative estimate of drug-likeness (QED) is 0.894. The van der Waals surface area contributed by atoms with Crippen molar-refractivity contribution in [1.82, 2.24) is 0 Å². The summed E-state index contributed by atoms with van der Waals surface area (Å²) in [5.41, 5.74) is 1.92. The Morgan fingerprint density at radius 1 is 1.04 bits per heavy atom. The highest BCUT2D eigenvalue weighted by atomic mass is 32.2. The van der Waals surface area contributed by atoms with Crippen molar-refractivity contribution in [2.45, 2.75) is 43.4 Å². The molecule has 1 N–H and O–H groups in total. The van der Waals surface area contributed by atoms with E-state index < -0.39 is 9.84 Å². The predicted octanol–water partition coefficient (Wildman–Crippen LogP) is 4.06. The molecular formula is C18H21NO3S2. The van der Waals surface area contributed by atoms with Crippen LogP contribution in [0.1, 0.15) is 45.8 Å². The normalized spacial score (nSPS) is 15.2. The Morgan fingerprint density at radius 2 is 1.71 bits per heavy atom. The van der Waals surface area contributed by atoms with Gasteiger partial charge in [0.2, 0.25) is 0 Å². The molecule has 1 aromatic heterocycles. The van der Waals surface area contributed by atoms with Crippen LogP contribution in [0.15, 0.2) is 35.2 Å². The van der Waals surface area contributed by atoms with Gasteiger partial charge in [0.05, 0.1) is 9.77 Å². The molecule has 1 amide bonds. The molecule has 1 aromatic carbocycles. The maximum absolute atomic E-state index is 12.5. The molecule has 24 heavy (non-hydrogen) atoms. The molecule has 0 unspecified atom stereocenters. The Kier molecular flexibility index (Phi) is 5.06. The standard InChI is InChI=1S/C18H21NO3S2/c1-24(21,22)15-10-8-14(9-11-15)19-18(20)17-12-13-6-4-2-3-5-7-16(13)23-17/h8-12H,2-7H2,1H3,(H,19,20). The van der Waals surface area contributed by atoms with Crippen molar-refractivity contribution < 1.29 is 13.2 Å². The van der Waals surface area contributed by atoms with Crippen molar-refractivity contribution in [1.29, 1.82) is 0 Å². The van der Waals surface area contributed by atoms with Crippen LogP contribution in [0.2, 0.25) is 0 Å². The lowest BCUT2D eigenvalue weighted by atomic mass is 10.00. The van der Waals surface area contributed by atoms with E-state index in [1.165, 1.54) is 54.5 Å². The highest BCUT2D eigenvalue weighted by molar-refractivity contribution is 7.90. The Balaban J connectivity index is 1.74. The van der Waals surface area contributed by atoms with Crippen LogP contribution in [-0.4, -0.2) is 20.6 Å². The van der Waals surface area contributed by atoms with Gasteiger partial charge in [0, 0.05) is 16.8 Å². The van der Waals surface area contributed by atoms with Gasteiger partial charge in [-0.25, -0.2) is 8.42 Å². The number of carbonyl (C=O) groups excluding carboxylic acids is 1. The third kappa shape index (κ3) is 4.05. The molecule has 1 heterocycles. The number of amides is 1. The third-order valence-corrected chi connectivity index (χ3v) is 6.63. The van der Waals surface area contributed by atoms with Crippen LogP contribution >= 0.6 is 11.3 Å². The van der Waals surface area contributed by atoms with Crippen LogP contribution in [0.25, 0.3) is 0 Å². The van der Waals surface area contributed by atoms with Crippen LogP contribution < -0.4 is 5.32 Å². The van der Waals surface area contributed by atoms with Crippen LogP contribution in [0.3, 0.4) is 0 Å². The number of hydrogen-bond acceptors (Lipinski definition) is 4. The Morgan fingerprint density at radius 3 is 2.38 bits per heavy atom. The summed E-state index contributed by atoms with van der Waals surface area (Å²) in [6, 6.07) is 8.29. The Bertz CT molecular complexity index is 810. The maximum atomic E-state index is 12.5. The van der Waals surface area contributed by atoms with E-state index in [4.69, 9.17) is 0 Å². The zero-order valence-corrected chi connectivity index (χ0v) is 15.3. The summed E-state index contributed by atoms with van der Waals surface area (Å²) in [5.74, 6) is -0.126. The summed E-state index contributed by atoms with van der Waals surface area (Å²) >= 11 is 1.58. The lowest BCUT2D eigenvalue weighted by Gasteiger charge is -2.07. The minimum atomic E-state index is -3.22. The average Bonchev–Trinajstić information content (AvgIpc) is 2.89. The Labute approximate surface area is 146 Å². The van der Waals surface area contributed by atoms with Crippen molar-refractivity contribution in [3.8, 4) is 0 Å². The van der Waals surface area contributed by atoms with Gasteiger partial charge >= 0.3 is 0 Å². The fraction of sp³-hybridized carbons (Fsp3) is 0.389. The van der Waals surface area contributed by atoms with Crippen LogP contribution in [0.4, 0.5) is 5.69 Å². The second kappa shape index (κ2) is 7.07. The molecule has 3 rings (SSSR count). The van der Waals surface area contributed by atoms with Gasteiger partial charge in [-0.1, -0.05) is 12.8 Å². The van der Waals surface area contributed by atoms with Gasteiger partial charge in [-0.3, -0.25) is 4.79 Å². The monoisotopic (exact) mass is 363 g/mol. The summed E-state index contributed by atoms with van der Waals surface area (Å²) in [6.45, 7) is 0. The fourth-order valence-electron chi connectivity index (χ4n) is 2.93. The molecule has 1 aliphatic rings. The second-order valence-electron chi connectivity index (χ2n) is 6.22. The van der Waals surface area contributed by atoms with Gasteiger partial charge in [-0.2, -0.15) is 0 Å². The third-order valence-electron chi connectivity index (χ3n) is 4.26. The van der Waals surface area contributed by atoms with Gasteiger partial charge in [-0.15, -0.1) is 11.3 Å². The van der Waals surface area contributed by atoms with Crippen molar-refractivity contribution in [3.05, 3.63) is 45.6 Å². The van der Waals surface area contributed by atoms with Crippen molar-refractivity contribution in [2.24, 2.45) is 0 Å². The fourth-order valence-corrected chi connectivity index (χ4v) is 4.71. The largest absolute Gasteiger partial charge is 0.321 e. The smallest absolute Gasteiger partial charge is 0.265 e. The minimum Gasteiger partial charge on any atom is -0.321 e. The van der Waals surface area contributed by atoms with E-state index in [1.54, 1.807) is 23.5 Å². The maximum Gasteiger partial charge on any atom is 0.265 e. The molecule has 4 nitrogen and oxygen atoms in total. The average molecular weight is 364 g/mol. The van der Waals surface area contributed by atoms with Gasteiger partial charge < -0.3 is 5.32 Å². The molecule has 0 bridgehead atoms. The first kappa shape index (κ1) is 17.2. The molecular weight excluding hydrogens is 342 g/mol. The summed E-state index contributed by atoms with van der Waals surface area (Å²) in [7, 11) is -3.22. The van der Waals surface area contributed by atoms with E-state index >= 15 is 0 Å². The SMILES string of the molecule is CS(=O)(=O)c1ccc(NC(=O)c2cc3c(s2)CCCCCC3)cc1. The van der Waals surface area contributed by atoms with E-state index in [1.807, 2.05) is 6.07 Å². The van der Waals surface area contributed by atoms with Crippen LogP contribution in [0.5, 0.6) is 0 Å². The van der Waals surface area contributed by atoms with Crippen molar-refractivity contribution in [2.75, 3.05) is 11.6 Å². The van der Waals surface area contributed by atoms with E-state index in [0.29, 0.717) is 5.69 Å². The van der Waals surface area contributed by atoms with Crippen molar-refractivity contribution in [3.63, 3.8) is 0 Å². The number of benzene rings is 1. The number of rotatable bonds is 3. The molecule has 6 heteroatoms. The summed E-state index contributed by atoms with van der Waals surface area (Å²) in [4.78, 5) is 14.8. The predicted molar refractivity (Wildman–Crippen MR) is 97.7 cm³/mol. The first-order chi connectivity index (χ1) is 11.4. The molecule has 0 atom stereocenters. The molecule has 0 spiro atoms. The van der Waals surface area contributed by atoms with Gasteiger partial charge in [0.25, 0.3) is 5.91 Å². The molecule has 1 aliphatic carbocycles. The van der Waals surface area contributed by atoms with Gasteiger partial charge in [0.15, 0.2) is 9.84 Å². The number of fused-ring (bicyclic) bond motifs is 1.